The summed E-state index contributed by atoms with van der Waals surface area (Å²) in [4.78, 5) is 13.9. The van der Waals surface area contributed by atoms with E-state index < -0.39 is 0 Å². The molecular weight excluding hydrogens is 244 g/mol. The Hall–Kier alpha value is -1.33. The molecular formula is C14H22N2O3. The predicted octanol–water partition coefficient (Wildman–Crippen LogP) is 1.44. The highest BCUT2D eigenvalue weighted by Gasteiger charge is 2.26. The molecule has 0 aromatic carbocycles. The average molecular weight is 266 g/mol. The molecule has 0 saturated carbocycles. The zero-order valence-corrected chi connectivity index (χ0v) is 11.7. The number of rotatable bonds is 6. The van der Waals surface area contributed by atoms with Crippen molar-refractivity contribution in [1.29, 1.82) is 0 Å². The molecule has 0 N–H and O–H groups in total. The molecule has 2 heterocycles. The first kappa shape index (κ1) is 14.1. The lowest BCUT2D eigenvalue weighted by Crippen LogP contribution is -2.42. The lowest BCUT2D eigenvalue weighted by molar-refractivity contribution is -0.138. The molecule has 5 nitrogen and oxygen atoms in total. The average Bonchev–Trinajstić information content (AvgIpc) is 2.90. The van der Waals surface area contributed by atoms with Crippen LogP contribution in [0.15, 0.2) is 18.3 Å². The minimum Gasteiger partial charge on any atom is -0.385 e. The van der Waals surface area contributed by atoms with Crippen molar-refractivity contribution < 1.29 is 14.3 Å². The Balaban J connectivity index is 2.04. The van der Waals surface area contributed by atoms with Crippen molar-refractivity contribution in [2.24, 2.45) is 0 Å². The third-order valence-corrected chi connectivity index (χ3v) is 3.48. The van der Waals surface area contributed by atoms with E-state index in [2.05, 4.69) is 16.8 Å². The molecule has 106 valence electrons. The normalized spacial score (nSPS) is 18.4. The molecule has 0 aliphatic carbocycles. The van der Waals surface area contributed by atoms with Crippen LogP contribution in [0.4, 0.5) is 0 Å². The van der Waals surface area contributed by atoms with Crippen molar-refractivity contribution in [3.8, 4) is 0 Å². The number of carbonyl (C=O) groups excluding carboxylic acids is 1. The SMILES string of the molecule is CCOCC(=O)N1Cc2cccn2[C@H](CCOC)C1. The van der Waals surface area contributed by atoms with E-state index in [9.17, 15) is 4.79 Å². The van der Waals surface area contributed by atoms with Gasteiger partial charge in [-0.1, -0.05) is 0 Å². The van der Waals surface area contributed by atoms with E-state index in [4.69, 9.17) is 9.47 Å². The summed E-state index contributed by atoms with van der Waals surface area (Å²) in [5.41, 5.74) is 1.18. The molecule has 0 bridgehead atoms. The van der Waals surface area contributed by atoms with Gasteiger partial charge in [0.2, 0.25) is 5.91 Å². The van der Waals surface area contributed by atoms with Crippen molar-refractivity contribution in [2.75, 3.05) is 33.5 Å². The number of carbonyl (C=O) groups is 1. The largest absolute Gasteiger partial charge is 0.385 e. The van der Waals surface area contributed by atoms with Crippen LogP contribution < -0.4 is 0 Å². The summed E-state index contributed by atoms with van der Waals surface area (Å²) in [6.07, 6.45) is 3.00. The third kappa shape index (κ3) is 3.36. The van der Waals surface area contributed by atoms with Crippen LogP contribution in [0.3, 0.4) is 0 Å². The van der Waals surface area contributed by atoms with Crippen molar-refractivity contribution in [1.82, 2.24) is 9.47 Å². The second kappa shape index (κ2) is 6.73. The van der Waals surface area contributed by atoms with Crippen LogP contribution in [0.25, 0.3) is 0 Å². The molecule has 1 aliphatic heterocycles. The van der Waals surface area contributed by atoms with Crippen LogP contribution in [-0.2, 0) is 20.8 Å². The summed E-state index contributed by atoms with van der Waals surface area (Å²) in [5, 5.41) is 0. The maximum Gasteiger partial charge on any atom is 0.248 e. The summed E-state index contributed by atoms with van der Waals surface area (Å²) in [6, 6.07) is 4.40. The van der Waals surface area contributed by atoms with E-state index in [0.717, 1.165) is 13.0 Å². The molecule has 1 aromatic rings. The maximum absolute atomic E-state index is 12.1. The van der Waals surface area contributed by atoms with Crippen LogP contribution in [-0.4, -0.2) is 48.8 Å². The quantitative estimate of drug-likeness (QED) is 0.782. The van der Waals surface area contributed by atoms with E-state index in [1.807, 2.05) is 17.9 Å². The Labute approximate surface area is 114 Å². The molecule has 1 aromatic heterocycles. The molecule has 19 heavy (non-hydrogen) atoms. The fourth-order valence-corrected chi connectivity index (χ4v) is 2.48. The first-order valence-electron chi connectivity index (χ1n) is 6.76. The van der Waals surface area contributed by atoms with Crippen LogP contribution in [0.1, 0.15) is 25.1 Å². The molecule has 0 spiro atoms. The van der Waals surface area contributed by atoms with E-state index in [1.54, 1.807) is 7.11 Å². The fraction of sp³-hybridized carbons (Fsp3) is 0.643. The number of amides is 1. The van der Waals surface area contributed by atoms with Gasteiger partial charge in [0.25, 0.3) is 0 Å². The molecule has 1 aliphatic rings. The highest BCUT2D eigenvalue weighted by Crippen LogP contribution is 2.24. The van der Waals surface area contributed by atoms with Crippen molar-refractivity contribution >= 4 is 5.91 Å². The van der Waals surface area contributed by atoms with Crippen LogP contribution >= 0.6 is 0 Å². The number of ether oxygens (including phenoxy) is 2. The Morgan fingerprint density at radius 3 is 3.11 bits per heavy atom. The highest BCUT2D eigenvalue weighted by molar-refractivity contribution is 5.77. The lowest BCUT2D eigenvalue weighted by Gasteiger charge is -2.35. The molecule has 1 amide bonds. The monoisotopic (exact) mass is 266 g/mol. The summed E-state index contributed by atoms with van der Waals surface area (Å²) < 4.78 is 12.6. The van der Waals surface area contributed by atoms with Crippen molar-refractivity contribution in [3.63, 3.8) is 0 Å². The second-order valence-electron chi connectivity index (χ2n) is 4.75. The van der Waals surface area contributed by atoms with E-state index in [0.29, 0.717) is 25.8 Å². The standard InChI is InChI=1S/C14H22N2O3/c1-3-19-11-14(17)15-9-12-5-4-7-16(12)13(10-15)6-8-18-2/h4-5,7,13H,3,6,8-11H2,1-2H3/t13-/m1/s1. The van der Waals surface area contributed by atoms with Gasteiger partial charge in [0.1, 0.15) is 6.61 Å². The third-order valence-electron chi connectivity index (χ3n) is 3.48. The maximum atomic E-state index is 12.1. The number of fused-ring (bicyclic) bond motifs is 1. The number of hydrogen-bond acceptors (Lipinski definition) is 3. The van der Waals surface area contributed by atoms with Gasteiger partial charge >= 0.3 is 0 Å². The zero-order chi connectivity index (χ0) is 13.7. The van der Waals surface area contributed by atoms with E-state index in [-0.39, 0.29) is 12.5 Å². The summed E-state index contributed by atoms with van der Waals surface area (Å²) in [6.45, 7) is 4.75. The van der Waals surface area contributed by atoms with Gasteiger partial charge in [-0.2, -0.15) is 0 Å². The van der Waals surface area contributed by atoms with E-state index in [1.165, 1.54) is 5.69 Å². The molecule has 0 fully saturated rings. The van der Waals surface area contributed by atoms with Gasteiger partial charge in [-0.3, -0.25) is 4.79 Å². The summed E-state index contributed by atoms with van der Waals surface area (Å²) >= 11 is 0. The van der Waals surface area contributed by atoms with Crippen molar-refractivity contribution in [2.45, 2.75) is 25.9 Å². The molecule has 0 unspecified atom stereocenters. The Bertz CT molecular complexity index is 417. The number of nitrogens with zero attached hydrogens (tertiary/aromatic N) is 2. The molecule has 1 atom stereocenters. The second-order valence-corrected chi connectivity index (χ2v) is 4.75. The van der Waals surface area contributed by atoms with Gasteiger partial charge in [0.15, 0.2) is 0 Å². The van der Waals surface area contributed by atoms with Crippen LogP contribution in [0.5, 0.6) is 0 Å². The minimum atomic E-state index is 0.0664. The number of hydrogen-bond donors (Lipinski definition) is 0. The summed E-state index contributed by atoms with van der Waals surface area (Å²) in [7, 11) is 1.71. The Kier molecular flexibility index (Phi) is 4.99. The van der Waals surface area contributed by atoms with Gasteiger partial charge in [-0.15, -0.1) is 0 Å². The van der Waals surface area contributed by atoms with Gasteiger partial charge < -0.3 is 18.9 Å². The van der Waals surface area contributed by atoms with Gasteiger partial charge in [-0.05, 0) is 25.5 Å². The first-order chi connectivity index (χ1) is 9.26. The van der Waals surface area contributed by atoms with Gasteiger partial charge in [0, 0.05) is 38.8 Å². The van der Waals surface area contributed by atoms with E-state index >= 15 is 0 Å². The van der Waals surface area contributed by atoms with Crippen LogP contribution in [0.2, 0.25) is 0 Å². The van der Waals surface area contributed by atoms with Crippen molar-refractivity contribution in [3.05, 3.63) is 24.0 Å². The molecule has 2 rings (SSSR count). The number of methoxy groups -OCH3 is 1. The predicted molar refractivity (Wildman–Crippen MR) is 71.9 cm³/mol. The fourth-order valence-electron chi connectivity index (χ4n) is 2.48. The first-order valence-corrected chi connectivity index (χ1v) is 6.76. The Morgan fingerprint density at radius 1 is 1.53 bits per heavy atom. The highest BCUT2D eigenvalue weighted by atomic mass is 16.5. The zero-order valence-electron chi connectivity index (χ0n) is 11.7. The smallest absolute Gasteiger partial charge is 0.248 e. The Morgan fingerprint density at radius 2 is 2.37 bits per heavy atom. The van der Waals surface area contributed by atoms with Gasteiger partial charge in [-0.25, -0.2) is 0 Å². The molecule has 0 saturated heterocycles. The minimum absolute atomic E-state index is 0.0664. The van der Waals surface area contributed by atoms with Gasteiger partial charge in [0.05, 0.1) is 12.6 Å². The molecule has 0 radical (unpaired) electrons. The van der Waals surface area contributed by atoms with Crippen LogP contribution in [0, 0.1) is 0 Å². The summed E-state index contributed by atoms with van der Waals surface area (Å²) in [5.74, 6) is 0.0664. The molecule has 5 heteroatoms. The lowest BCUT2D eigenvalue weighted by atomic mass is 10.1. The number of aromatic nitrogens is 1. The topological polar surface area (TPSA) is 43.7 Å².